The number of nitrogens with zero attached hydrogens (tertiary/aromatic N) is 3. The molecule has 0 saturated carbocycles. The monoisotopic (exact) mass is 155 g/mol. The normalized spacial score (nSPS) is 10.0. The molecule has 60 valence electrons. The van der Waals surface area contributed by atoms with Crippen LogP contribution in [0.1, 0.15) is 11.6 Å². The lowest BCUT2D eigenvalue weighted by molar-refractivity contribution is -0.136. The molecule has 0 unspecified atom stereocenters. The van der Waals surface area contributed by atoms with Crippen LogP contribution in [-0.2, 0) is 18.3 Å². The van der Waals surface area contributed by atoms with Crippen molar-refractivity contribution in [2.45, 2.75) is 13.3 Å². The van der Waals surface area contributed by atoms with Crippen LogP contribution in [0, 0.1) is 6.92 Å². The van der Waals surface area contributed by atoms with Crippen molar-refractivity contribution in [3.05, 3.63) is 11.6 Å². The van der Waals surface area contributed by atoms with E-state index in [2.05, 4.69) is 10.1 Å². The molecule has 0 fully saturated rings. The summed E-state index contributed by atoms with van der Waals surface area (Å²) in [6.45, 7) is 1.78. The predicted octanol–water partition coefficient (Wildman–Crippen LogP) is -0.249. The summed E-state index contributed by atoms with van der Waals surface area (Å²) in [5.41, 5.74) is 0. The number of aliphatic carboxylic acids is 1. The van der Waals surface area contributed by atoms with Crippen molar-refractivity contribution in [1.29, 1.82) is 0 Å². The summed E-state index contributed by atoms with van der Waals surface area (Å²) >= 11 is 0. The van der Waals surface area contributed by atoms with Crippen LogP contribution in [-0.4, -0.2) is 25.8 Å². The van der Waals surface area contributed by atoms with Gasteiger partial charge in [0.2, 0.25) is 0 Å². The Bertz CT molecular complexity index is 260. The van der Waals surface area contributed by atoms with Crippen molar-refractivity contribution in [3.8, 4) is 0 Å². The Kier molecular flexibility index (Phi) is 1.89. The molecule has 0 atom stereocenters. The van der Waals surface area contributed by atoms with Crippen LogP contribution in [0.15, 0.2) is 0 Å². The van der Waals surface area contributed by atoms with E-state index in [1.165, 1.54) is 0 Å². The highest BCUT2D eigenvalue weighted by Crippen LogP contribution is 1.94. The van der Waals surface area contributed by atoms with Crippen LogP contribution in [0.5, 0.6) is 0 Å². The van der Waals surface area contributed by atoms with Crippen LogP contribution >= 0.6 is 0 Å². The van der Waals surface area contributed by atoms with Gasteiger partial charge >= 0.3 is 5.97 Å². The Morgan fingerprint density at radius 1 is 1.73 bits per heavy atom. The van der Waals surface area contributed by atoms with Crippen LogP contribution in [0.4, 0.5) is 0 Å². The molecule has 0 aliphatic heterocycles. The van der Waals surface area contributed by atoms with Crippen LogP contribution in [0.3, 0.4) is 0 Å². The molecule has 11 heavy (non-hydrogen) atoms. The highest BCUT2D eigenvalue weighted by atomic mass is 16.4. The van der Waals surface area contributed by atoms with Gasteiger partial charge in [-0.15, -0.1) is 0 Å². The van der Waals surface area contributed by atoms with Gasteiger partial charge < -0.3 is 5.11 Å². The van der Waals surface area contributed by atoms with Crippen molar-refractivity contribution >= 4 is 5.97 Å². The third-order valence-corrected chi connectivity index (χ3v) is 1.33. The Labute approximate surface area is 63.7 Å². The third-order valence-electron chi connectivity index (χ3n) is 1.33. The van der Waals surface area contributed by atoms with E-state index < -0.39 is 5.97 Å². The average Bonchev–Trinajstić information content (AvgIpc) is 2.10. The maximum Gasteiger partial charge on any atom is 0.311 e. The fourth-order valence-electron chi connectivity index (χ4n) is 0.737. The Balaban J connectivity index is 2.81. The van der Waals surface area contributed by atoms with Gasteiger partial charge in [-0.3, -0.25) is 9.48 Å². The quantitative estimate of drug-likeness (QED) is 0.639. The van der Waals surface area contributed by atoms with Gasteiger partial charge in [0.25, 0.3) is 0 Å². The number of hydrogen-bond acceptors (Lipinski definition) is 3. The van der Waals surface area contributed by atoms with Gasteiger partial charge in [0, 0.05) is 7.05 Å². The molecule has 0 aliphatic carbocycles. The number of rotatable bonds is 2. The van der Waals surface area contributed by atoms with Crippen LogP contribution in [0.25, 0.3) is 0 Å². The van der Waals surface area contributed by atoms with Crippen molar-refractivity contribution in [3.63, 3.8) is 0 Å². The first kappa shape index (κ1) is 7.71. The number of aromatic nitrogens is 3. The topological polar surface area (TPSA) is 68.0 Å². The van der Waals surface area contributed by atoms with E-state index in [1.807, 2.05) is 0 Å². The van der Waals surface area contributed by atoms with Gasteiger partial charge in [-0.2, -0.15) is 5.10 Å². The number of carbonyl (C=O) groups is 1. The second-order valence-electron chi connectivity index (χ2n) is 2.27. The molecule has 0 bridgehead atoms. The molecule has 0 amide bonds. The lowest BCUT2D eigenvalue weighted by atomic mass is 10.4. The fraction of sp³-hybridized carbons (Fsp3) is 0.500. The zero-order chi connectivity index (χ0) is 8.43. The molecule has 0 saturated heterocycles. The van der Waals surface area contributed by atoms with E-state index >= 15 is 0 Å². The summed E-state index contributed by atoms with van der Waals surface area (Å²) < 4.78 is 1.55. The van der Waals surface area contributed by atoms with Crippen LogP contribution in [0.2, 0.25) is 0 Å². The first-order valence-corrected chi connectivity index (χ1v) is 3.18. The van der Waals surface area contributed by atoms with Crippen molar-refractivity contribution in [1.82, 2.24) is 14.8 Å². The molecule has 1 aromatic heterocycles. The summed E-state index contributed by atoms with van der Waals surface area (Å²) in [7, 11) is 1.73. The van der Waals surface area contributed by atoms with Gasteiger partial charge in [-0.1, -0.05) is 0 Å². The minimum atomic E-state index is -0.907. The summed E-state index contributed by atoms with van der Waals surface area (Å²) in [6.07, 6.45) is -0.109. The molecule has 0 aliphatic rings. The predicted molar refractivity (Wildman–Crippen MR) is 37.1 cm³/mol. The average molecular weight is 155 g/mol. The largest absolute Gasteiger partial charge is 0.481 e. The van der Waals surface area contributed by atoms with Gasteiger partial charge in [-0.05, 0) is 6.92 Å². The molecule has 0 spiro atoms. The van der Waals surface area contributed by atoms with E-state index in [4.69, 9.17) is 5.11 Å². The zero-order valence-electron chi connectivity index (χ0n) is 6.40. The van der Waals surface area contributed by atoms with E-state index in [0.29, 0.717) is 5.82 Å². The maximum absolute atomic E-state index is 10.2. The first-order chi connectivity index (χ1) is 5.09. The number of hydrogen-bond donors (Lipinski definition) is 1. The summed E-state index contributed by atoms with van der Waals surface area (Å²) in [6, 6.07) is 0. The van der Waals surface area contributed by atoms with E-state index in [9.17, 15) is 4.79 Å². The standard InChI is InChI=1S/C6H9N3O2/c1-4-7-5(3-6(10)11)8-9(4)2/h3H2,1-2H3,(H,10,11). The second kappa shape index (κ2) is 2.69. The van der Waals surface area contributed by atoms with Crippen molar-refractivity contribution in [2.75, 3.05) is 0 Å². The lowest BCUT2D eigenvalue weighted by Gasteiger charge is -1.86. The van der Waals surface area contributed by atoms with Gasteiger partial charge in [0.05, 0.1) is 0 Å². The molecular formula is C6H9N3O2. The van der Waals surface area contributed by atoms with Crippen molar-refractivity contribution < 1.29 is 9.90 Å². The Hall–Kier alpha value is -1.39. The molecule has 0 aromatic carbocycles. The van der Waals surface area contributed by atoms with Gasteiger partial charge in [0.15, 0.2) is 5.82 Å². The minimum Gasteiger partial charge on any atom is -0.481 e. The minimum absolute atomic E-state index is 0.109. The summed E-state index contributed by atoms with van der Waals surface area (Å²) in [4.78, 5) is 14.1. The summed E-state index contributed by atoms with van der Waals surface area (Å²) in [5.74, 6) is 0.175. The van der Waals surface area contributed by atoms with Crippen molar-refractivity contribution in [2.24, 2.45) is 7.05 Å². The van der Waals surface area contributed by atoms with Gasteiger partial charge in [0.1, 0.15) is 12.2 Å². The molecule has 0 radical (unpaired) electrons. The molecule has 5 heteroatoms. The van der Waals surface area contributed by atoms with E-state index in [1.54, 1.807) is 18.7 Å². The SMILES string of the molecule is Cc1nc(CC(=O)O)nn1C. The highest BCUT2D eigenvalue weighted by molar-refractivity contribution is 5.68. The molecule has 1 heterocycles. The summed E-state index contributed by atoms with van der Waals surface area (Å²) in [5, 5.41) is 12.3. The lowest BCUT2D eigenvalue weighted by Crippen LogP contribution is -2.02. The molecular weight excluding hydrogens is 146 g/mol. The van der Waals surface area contributed by atoms with E-state index in [-0.39, 0.29) is 6.42 Å². The fourth-order valence-corrected chi connectivity index (χ4v) is 0.737. The first-order valence-electron chi connectivity index (χ1n) is 3.18. The molecule has 1 aromatic rings. The zero-order valence-corrected chi connectivity index (χ0v) is 6.40. The van der Waals surface area contributed by atoms with E-state index in [0.717, 1.165) is 5.82 Å². The Morgan fingerprint density at radius 3 is 2.73 bits per heavy atom. The Morgan fingerprint density at radius 2 is 2.36 bits per heavy atom. The number of aryl methyl sites for hydroxylation is 2. The molecule has 1 N–H and O–H groups in total. The number of carboxylic acid groups (broad SMARTS) is 1. The maximum atomic E-state index is 10.2. The highest BCUT2D eigenvalue weighted by Gasteiger charge is 2.06. The third kappa shape index (κ3) is 1.76. The van der Waals surface area contributed by atoms with Crippen LogP contribution < -0.4 is 0 Å². The number of carboxylic acids is 1. The van der Waals surface area contributed by atoms with Gasteiger partial charge in [-0.25, -0.2) is 4.98 Å². The smallest absolute Gasteiger partial charge is 0.311 e. The molecule has 5 nitrogen and oxygen atoms in total. The second-order valence-corrected chi connectivity index (χ2v) is 2.27. The molecule has 1 rings (SSSR count).